The van der Waals surface area contributed by atoms with Gasteiger partial charge in [0.05, 0.1) is 17.4 Å². The summed E-state index contributed by atoms with van der Waals surface area (Å²) >= 11 is 0. The lowest BCUT2D eigenvalue weighted by atomic mass is 9.98. The van der Waals surface area contributed by atoms with Gasteiger partial charge in [0.1, 0.15) is 0 Å². The molecular formula is C9H9N3O4. The molecule has 1 aromatic rings. The van der Waals surface area contributed by atoms with Crippen LogP contribution in [0.4, 0.5) is 0 Å². The Hall–Kier alpha value is -2.18. The Morgan fingerprint density at radius 2 is 2.25 bits per heavy atom. The first-order valence-electron chi connectivity index (χ1n) is 4.68. The molecule has 0 saturated heterocycles. The minimum Gasteiger partial charge on any atom is -0.478 e. The van der Waals surface area contributed by atoms with Gasteiger partial charge in [0.25, 0.3) is 5.56 Å². The number of carboxylic acid groups (broad SMARTS) is 1. The van der Waals surface area contributed by atoms with Crippen molar-refractivity contribution in [2.24, 2.45) is 5.29 Å². The molecular weight excluding hydrogens is 214 g/mol. The summed E-state index contributed by atoms with van der Waals surface area (Å²) < 4.78 is 0. The molecule has 16 heavy (non-hydrogen) atoms. The van der Waals surface area contributed by atoms with Crippen molar-refractivity contribution in [2.75, 3.05) is 6.54 Å². The summed E-state index contributed by atoms with van der Waals surface area (Å²) in [4.78, 5) is 35.1. The minimum atomic E-state index is -1.08. The van der Waals surface area contributed by atoms with E-state index in [0.717, 1.165) is 0 Å². The van der Waals surface area contributed by atoms with Gasteiger partial charge in [0, 0.05) is 18.3 Å². The number of H-pyrrole nitrogens is 1. The van der Waals surface area contributed by atoms with Crippen LogP contribution in [0.2, 0.25) is 0 Å². The molecule has 2 heterocycles. The van der Waals surface area contributed by atoms with E-state index in [9.17, 15) is 14.5 Å². The van der Waals surface area contributed by atoms with Crippen LogP contribution in [0.3, 0.4) is 0 Å². The third kappa shape index (κ3) is 1.56. The van der Waals surface area contributed by atoms with Gasteiger partial charge in [-0.05, 0) is 12.0 Å². The van der Waals surface area contributed by atoms with Gasteiger partial charge in [0.15, 0.2) is 0 Å². The number of pyridine rings is 1. The maximum Gasteiger partial charge on any atom is 0.337 e. The van der Waals surface area contributed by atoms with Crippen LogP contribution in [-0.2, 0) is 13.0 Å². The second-order valence-corrected chi connectivity index (χ2v) is 3.51. The number of carboxylic acids is 1. The number of nitroso groups, excluding NO2 is 1. The summed E-state index contributed by atoms with van der Waals surface area (Å²) in [5.41, 5.74) is 0.524. The lowest BCUT2D eigenvalue weighted by molar-refractivity contribution is 0.0694. The van der Waals surface area contributed by atoms with Crippen LogP contribution in [0.15, 0.2) is 16.3 Å². The molecule has 0 aliphatic carbocycles. The molecule has 0 fully saturated rings. The maximum absolute atomic E-state index is 11.5. The maximum atomic E-state index is 11.5. The number of aromatic amines is 1. The highest BCUT2D eigenvalue weighted by molar-refractivity contribution is 5.89. The van der Waals surface area contributed by atoms with E-state index in [1.165, 1.54) is 11.2 Å². The van der Waals surface area contributed by atoms with Crippen LogP contribution in [0.25, 0.3) is 0 Å². The number of aromatic nitrogens is 1. The van der Waals surface area contributed by atoms with E-state index in [0.29, 0.717) is 24.1 Å². The third-order valence-electron chi connectivity index (χ3n) is 2.62. The van der Waals surface area contributed by atoms with E-state index in [4.69, 9.17) is 5.11 Å². The van der Waals surface area contributed by atoms with Gasteiger partial charge in [0.2, 0.25) is 0 Å². The summed E-state index contributed by atoms with van der Waals surface area (Å²) in [7, 11) is 0. The van der Waals surface area contributed by atoms with Crippen molar-refractivity contribution < 1.29 is 9.90 Å². The Bertz CT molecular complexity index is 508. The van der Waals surface area contributed by atoms with E-state index in [1.54, 1.807) is 0 Å². The number of nitrogens with zero attached hydrogens (tertiary/aromatic N) is 2. The molecule has 7 nitrogen and oxygen atoms in total. The molecule has 0 unspecified atom stereocenters. The van der Waals surface area contributed by atoms with Crippen LogP contribution in [0.1, 0.15) is 21.5 Å². The molecule has 0 bridgehead atoms. The quantitative estimate of drug-likeness (QED) is 0.693. The number of carbonyl (C=O) groups is 1. The highest BCUT2D eigenvalue weighted by Crippen LogP contribution is 2.19. The Kier molecular flexibility index (Phi) is 2.43. The molecule has 84 valence electrons. The van der Waals surface area contributed by atoms with Gasteiger partial charge >= 0.3 is 5.97 Å². The summed E-state index contributed by atoms with van der Waals surface area (Å²) in [6.45, 7) is 0.398. The van der Waals surface area contributed by atoms with Gasteiger partial charge in [-0.25, -0.2) is 4.79 Å². The number of hydrogen-bond donors (Lipinski definition) is 2. The van der Waals surface area contributed by atoms with Crippen LogP contribution < -0.4 is 5.56 Å². The monoisotopic (exact) mass is 223 g/mol. The van der Waals surface area contributed by atoms with Crippen molar-refractivity contribution in [2.45, 2.75) is 13.0 Å². The van der Waals surface area contributed by atoms with Crippen molar-refractivity contribution in [3.05, 3.63) is 38.1 Å². The number of fused-ring (bicyclic) bond motifs is 1. The molecule has 1 aromatic heterocycles. The third-order valence-corrected chi connectivity index (χ3v) is 2.62. The normalized spacial score (nSPS) is 14.4. The Labute approximate surface area is 89.6 Å². The second kappa shape index (κ2) is 3.76. The van der Waals surface area contributed by atoms with Gasteiger partial charge in [-0.1, -0.05) is 0 Å². The first-order valence-corrected chi connectivity index (χ1v) is 4.68. The van der Waals surface area contributed by atoms with Gasteiger partial charge in [-0.15, -0.1) is 4.91 Å². The molecule has 0 spiro atoms. The molecule has 0 saturated carbocycles. The average Bonchev–Trinajstić information content (AvgIpc) is 2.29. The van der Waals surface area contributed by atoms with Crippen LogP contribution in [-0.4, -0.2) is 27.6 Å². The van der Waals surface area contributed by atoms with Crippen LogP contribution >= 0.6 is 0 Å². The predicted molar refractivity (Wildman–Crippen MR) is 53.9 cm³/mol. The van der Waals surface area contributed by atoms with E-state index < -0.39 is 5.97 Å². The minimum absolute atomic E-state index is 0.0648. The molecule has 0 aromatic carbocycles. The lowest BCUT2D eigenvalue weighted by Crippen LogP contribution is -2.32. The van der Waals surface area contributed by atoms with Gasteiger partial charge < -0.3 is 10.1 Å². The molecule has 0 amide bonds. The topological polar surface area (TPSA) is 103 Å². The fourth-order valence-corrected chi connectivity index (χ4v) is 1.83. The Balaban J connectivity index is 2.55. The number of nitrogens with one attached hydrogen (secondary N) is 1. The molecule has 2 N–H and O–H groups in total. The number of aromatic carboxylic acids is 1. The van der Waals surface area contributed by atoms with Crippen molar-refractivity contribution in [1.82, 2.24) is 9.99 Å². The number of hydrogen-bond acceptors (Lipinski definition) is 4. The summed E-state index contributed by atoms with van der Waals surface area (Å²) in [6, 6.07) is 0. The molecule has 0 radical (unpaired) electrons. The zero-order valence-corrected chi connectivity index (χ0v) is 8.27. The summed E-state index contributed by atoms with van der Waals surface area (Å²) in [5, 5.41) is 12.9. The van der Waals surface area contributed by atoms with E-state index in [1.807, 2.05) is 0 Å². The summed E-state index contributed by atoms with van der Waals surface area (Å²) in [6.07, 6.45) is 1.53. The van der Waals surface area contributed by atoms with Crippen molar-refractivity contribution in [3.63, 3.8) is 0 Å². The van der Waals surface area contributed by atoms with E-state index in [-0.39, 0.29) is 17.7 Å². The lowest BCUT2D eigenvalue weighted by Gasteiger charge is -2.23. The summed E-state index contributed by atoms with van der Waals surface area (Å²) in [5.74, 6) is -1.08. The zero-order chi connectivity index (χ0) is 11.7. The standard InChI is InChI=1S/C9H9N3O4/c13-8-7-4-12(11-16)2-1-5(7)6(3-10-8)9(14)15/h3H,1-2,4H2,(H,10,13)(H,14,15). The molecule has 1 aliphatic heterocycles. The van der Waals surface area contributed by atoms with Crippen molar-refractivity contribution in [1.29, 1.82) is 0 Å². The second-order valence-electron chi connectivity index (χ2n) is 3.51. The smallest absolute Gasteiger partial charge is 0.337 e. The van der Waals surface area contributed by atoms with Crippen molar-refractivity contribution in [3.8, 4) is 0 Å². The predicted octanol–water partition coefficient (Wildman–Crippen LogP) is 0.113. The first kappa shape index (κ1) is 10.3. The van der Waals surface area contributed by atoms with Crippen LogP contribution in [0.5, 0.6) is 0 Å². The van der Waals surface area contributed by atoms with Crippen LogP contribution in [0, 0.1) is 4.91 Å². The molecule has 0 atom stereocenters. The number of rotatable bonds is 2. The molecule has 7 heteroatoms. The van der Waals surface area contributed by atoms with E-state index >= 15 is 0 Å². The van der Waals surface area contributed by atoms with Gasteiger partial charge in [-0.3, -0.25) is 9.80 Å². The molecule has 1 aliphatic rings. The fourth-order valence-electron chi connectivity index (χ4n) is 1.83. The SMILES string of the molecule is O=NN1CCc2c(C(=O)O)c[nH]c(=O)c2C1. The molecule has 2 rings (SSSR count). The highest BCUT2D eigenvalue weighted by atomic mass is 16.4. The van der Waals surface area contributed by atoms with Crippen molar-refractivity contribution >= 4 is 5.97 Å². The largest absolute Gasteiger partial charge is 0.478 e. The van der Waals surface area contributed by atoms with E-state index in [2.05, 4.69) is 10.3 Å². The Morgan fingerprint density at radius 1 is 1.50 bits per heavy atom. The highest BCUT2D eigenvalue weighted by Gasteiger charge is 2.23. The first-order chi connectivity index (χ1) is 7.63. The zero-order valence-electron chi connectivity index (χ0n) is 8.27. The fraction of sp³-hybridized carbons (Fsp3) is 0.333. The average molecular weight is 223 g/mol. The van der Waals surface area contributed by atoms with Gasteiger partial charge in [-0.2, -0.15) is 0 Å². The Morgan fingerprint density at radius 3 is 2.88 bits per heavy atom.